The smallest absolute Gasteiger partial charge is 0.0595 e. The highest BCUT2D eigenvalue weighted by Crippen LogP contribution is 2.42. The van der Waals surface area contributed by atoms with Gasteiger partial charge in [0.25, 0.3) is 0 Å². The van der Waals surface area contributed by atoms with E-state index in [0.29, 0.717) is 34.0 Å². The van der Waals surface area contributed by atoms with Gasteiger partial charge in [0.15, 0.2) is 0 Å². The van der Waals surface area contributed by atoms with E-state index in [0.717, 1.165) is 6.61 Å². The molecule has 2 nitrogen and oxygen atoms in total. The first-order valence-corrected chi connectivity index (χ1v) is 7.64. The summed E-state index contributed by atoms with van der Waals surface area (Å²) in [7, 11) is 1.78. The Labute approximate surface area is 124 Å². The number of halogens is 2. The third-order valence-corrected chi connectivity index (χ3v) is 5.32. The van der Waals surface area contributed by atoms with Crippen LogP contribution in [-0.4, -0.2) is 25.8 Å². The van der Waals surface area contributed by atoms with Crippen LogP contribution in [0.5, 0.6) is 0 Å². The predicted octanol–water partition coefficient (Wildman–Crippen LogP) is 3.86. The van der Waals surface area contributed by atoms with Crippen molar-refractivity contribution in [2.24, 2.45) is 5.92 Å². The lowest BCUT2D eigenvalue weighted by atomic mass is 9.77. The van der Waals surface area contributed by atoms with Crippen LogP contribution in [0.25, 0.3) is 0 Å². The first-order valence-electron chi connectivity index (χ1n) is 6.89. The Balaban J connectivity index is 1.89. The molecule has 0 spiro atoms. The average Bonchev–Trinajstić information content (AvgIpc) is 2.79. The second-order valence-electron chi connectivity index (χ2n) is 5.68. The maximum absolute atomic E-state index is 6.17. The Kier molecular flexibility index (Phi) is 4.04. The van der Waals surface area contributed by atoms with Gasteiger partial charge in [-0.25, -0.2) is 0 Å². The minimum absolute atomic E-state index is 0.522. The number of methoxy groups -OCH3 is 1. The van der Waals surface area contributed by atoms with Gasteiger partial charge in [0.1, 0.15) is 0 Å². The first kappa shape index (κ1) is 13.7. The van der Waals surface area contributed by atoms with Gasteiger partial charge in [0, 0.05) is 25.1 Å². The maximum atomic E-state index is 6.17. The molecule has 0 aromatic heterocycles. The molecule has 0 radical (unpaired) electrons. The van der Waals surface area contributed by atoms with Crippen LogP contribution in [-0.2, 0) is 4.74 Å². The number of ether oxygens (including phenoxy) is 1. The highest BCUT2D eigenvalue weighted by molar-refractivity contribution is 6.42. The van der Waals surface area contributed by atoms with Crippen molar-refractivity contribution in [3.8, 4) is 0 Å². The van der Waals surface area contributed by atoms with E-state index in [9.17, 15) is 0 Å². The Morgan fingerprint density at radius 3 is 2.84 bits per heavy atom. The summed E-state index contributed by atoms with van der Waals surface area (Å²) < 4.78 is 5.44. The van der Waals surface area contributed by atoms with Gasteiger partial charge in [-0.3, -0.25) is 0 Å². The number of fused-ring (bicyclic) bond motifs is 2. The highest BCUT2D eigenvalue weighted by atomic mass is 35.5. The van der Waals surface area contributed by atoms with E-state index in [2.05, 4.69) is 11.4 Å². The van der Waals surface area contributed by atoms with Crippen LogP contribution in [0.1, 0.15) is 30.7 Å². The zero-order chi connectivity index (χ0) is 13.4. The standard InChI is InChI=1S/C15H19Cl2NO/c1-19-8-12-11(7-10-3-5-15(12)18-10)9-2-4-13(16)14(17)6-9/h2,4,6,10-12,15,18H,3,5,7-8H2,1H3/t10-,11?,12+,15+/m0/s1. The summed E-state index contributed by atoms with van der Waals surface area (Å²) in [5.41, 5.74) is 1.30. The van der Waals surface area contributed by atoms with Gasteiger partial charge in [0.05, 0.1) is 16.7 Å². The second kappa shape index (κ2) is 5.61. The molecule has 3 rings (SSSR count). The monoisotopic (exact) mass is 299 g/mol. The van der Waals surface area contributed by atoms with Crippen LogP contribution in [0.15, 0.2) is 18.2 Å². The summed E-state index contributed by atoms with van der Waals surface area (Å²) in [4.78, 5) is 0. The fourth-order valence-corrected chi connectivity index (χ4v) is 3.99. The topological polar surface area (TPSA) is 21.3 Å². The van der Waals surface area contributed by atoms with Crippen LogP contribution in [0.3, 0.4) is 0 Å². The molecule has 2 fully saturated rings. The van der Waals surface area contributed by atoms with Crippen molar-refractivity contribution < 1.29 is 4.74 Å². The summed E-state index contributed by atoms with van der Waals surface area (Å²) in [6, 6.07) is 7.29. The lowest BCUT2D eigenvalue weighted by molar-refractivity contribution is 0.101. The molecule has 0 aliphatic carbocycles. The normalized spacial score (nSPS) is 33.6. The van der Waals surface area contributed by atoms with E-state index in [1.807, 2.05) is 12.1 Å². The van der Waals surface area contributed by atoms with Gasteiger partial charge in [-0.1, -0.05) is 29.3 Å². The van der Waals surface area contributed by atoms with Crippen LogP contribution in [0, 0.1) is 5.92 Å². The summed E-state index contributed by atoms with van der Waals surface area (Å²) in [6.07, 6.45) is 3.71. The summed E-state index contributed by atoms with van der Waals surface area (Å²) in [5.74, 6) is 1.05. The van der Waals surface area contributed by atoms with Crippen LogP contribution >= 0.6 is 23.2 Å². The zero-order valence-corrected chi connectivity index (χ0v) is 12.5. The van der Waals surface area contributed by atoms with Crippen molar-refractivity contribution in [1.82, 2.24) is 5.32 Å². The van der Waals surface area contributed by atoms with Gasteiger partial charge >= 0.3 is 0 Å². The Bertz CT molecular complexity index is 465. The van der Waals surface area contributed by atoms with E-state index >= 15 is 0 Å². The van der Waals surface area contributed by atoms with Gasteiger partial charge < -0.3 is 10.1 Å². The molecule has 1 aromatic carbocycles. The fraction of sp³-hybridized carbons (Fsp3) is 0.600. The Morgan fingerprint density at radius 1 is 1.26 bits per heavy atom. The van der Waals surface area contributed by atoms with E-state index in [1.54, 1.807) is 7.11 Å². The lowest BCUT2D eigenvalue weighted by Gasteiger charge is -2.37. The van der Waals surface area contributed by atoms with Gasteiger partial charge in [0.2, 0.25) is 0 Å². The summed E-state index contributed by atoms with van der Waals surface area (Å²) in [5, 5.41) is 5.00. The molecule has 2 aliphatic heterocycles. The molecular weight excluding hydrogens is 281 g/mol. The van der Waals surface area contributed by atoms with Crippen molar-refractivity contribution in [2.75, 3.05) is 13.7 Å². The van der Waals surface area contributed by atoms with Crippen LogP contribution < -0.4 is 5.32 Å². The molecule has 0 saturated carbocycles. The highest BCUT2D eigenvalue weighted by Gasteiger charge is 2.41. The molecular formula is C15H19Cl2NO. The predicted molar refractivity (Wildman–Crippen MR) is 79.1 cm³/mol. The van der Waals surface area contributed by atoms with Gasteiger partial charge in [-0.15, -0.1) is 0 Å². The van der Waals surface area contributed by atoms with Gasteiger partial charge in [-0.05, 0) is 42.9 Å². The molecule has 104 valence electrons. The second-order valence-corrected chi connectivity index (χ2v) is 6.50. The Morgan fingerprint density at radius 2 is 2.11 bits per heavy atom. The molecule has 2 bridgehead atoms. The molecule has 1 aromatic rings. The van der Waals surface area contributed by atoms with Crippen LogP contribution in [0.4, 0.5) is 0 Å². The third-order valence-electron chi connectivity index (χ3n) is 4.58. The number of benzene rings is 1. The molecule has 1 N–H and O–H groups in total. The molecule has 2 saturated heterocycles. The minimum Gasteiger partial charge on any atom is -0.384 e. The summed E-state index contributed by atoms with van der Waals surface area (Å²) >= 11 is 12.2. The number of hydrogen-bond acceptors (Lipinski definition) is 2. The largest absolute Gasteiger partial charge is 0.384 e. The van der Waals surface area contributed by atoms with Crippen LogP contribution in [0.2, 0.25) is 10.0 Å². The lowest BCUT2D eigenvalue weighted by Crippen LogP contribution is -2.46. The van der Waals surface area contributed by atoms with Crippen molar-refractivity contribution >= 4 is 23.2 Å². The van der Waals surface area contributed by atoms with E-state index < -0.39 is 0 Å². The quantitative estimate of drug-likeness (QED) is 0.915. The molecule has 2 aliphatic rings. The van der Waals surface area contributed by atoms with E-state index in [-0.39, 0.29) is 0 Å². The molecule has 0 amide bonds. The fourth-order valence-electron chi connectivity index (χ4n) is 3.69. The van der Waals surface area contributed by atoms with Crippen molar-refractivity contribution in [3.63, 3.8) is 0 Å². The molecule has 1 unspecified atom stereocenters. The average molecular weight is 300 g/mol. The van der Waals surface area contributed by atoms with Crippen molar-refractivity contribution in [1.29, 1.82) is 0 Å². The first-order chi connectivity index (χ1) is 9.19. The number of rotatable bonds is 3. The van der Waals surface area contributed by atoms with Crippen molar-refractivity contribution in [3.05, 3.63) is 33.8 Å². The molecule has 4 heteroatoms. The number of nitrogens with one attached hydrogen (secondary N) is 1. The minimum atomic E-state index is 0.522. The number of piperidine rings is 1. The van der Waals surface area contributed by atoms with E-state index in [1.165, 1.54) is 24.8 Å². The van der Waals surface area contributed by atoms with Crippen molar-refractivity contribution in [2.45, 2.75) is 37.3 Å². The molecule has 2 heterocycles. The van der Waals surface area contributed by atoms with E-state index in [4.69, 9.17) is 27.9 Å². The Hall–Kier alpha value is -0.280. The third kappa shape index (κ3) is 2.64. The number of hydrogen-bond donors (Lipinski definition) is 1. The zero-order valence-electron chi connectivity index (χ0n) is 11.0. The SMILES string of the molecule is COC[C@@H]1C(c2ccc(Cl)c(Cl)c2)C[C@@H]2CC[C@H]1N2. The molecule has 19 heavy (non-hydrogen) atoms. The molecule has 4 atom stereocenters. The maximum Gasteiger partial charge on any atom is 0.0595 e. The van der Waals surface area contributed by atoms with Gasteiger partial charge in [-0.2, -0.15) is 0 Å². The summed E-state index contributed by atoms with van der Waals surface area (Å²) in [6.45, 7) is 0.801.